The van der Waals surface area contributed by atoms with E-state index in [1.165, 1.54) is 35.6 Å². The van der Waals surface area contributed by atoms with Gasteiger partial charge in [0.1, 0.15) is 23.6 Å². The van der Waals surface area contributed by atoms with E-state index in [9.17, 15) is 48.7 Å². The number of halogens is 10. The summed E-state index contributed by atoms with van der Waals surface area (Å²) in [5, 5.41) is 3.43. The second kappa shape index (κ2) is 10.5. The predicted octanol–water partition coefficient (Wildman–Crippen LogP) is 6.00. The minimum absolute atomic E-state index is 0.105. The molecule has 2 aromatic carbocycles. The van der Waals surface area contributed by atoms with Gasteiger partial charge in [-0.05, 0) is 35.4 Å². The number of urea groups is 1. The van der Waals surface area contributed by atoms with E-state index in [0.717, 1.165) is 0 Å². The maximum atomic E-state index is 14.5. The Labute approximate surface area is 207 Å². The minimum atomic E-state index is -5.14. The maximum Gasteiger partial charge on any atom is 0.433 e. The molecule has 1 aromatic heterocycles. The first kappa shape index (κ1) is 28.7. The van der Waals surface area contributed by atoms with Crippen LogP contribution in [-0.4, -0.2) is 28.7 Å². The molecular weight excluding hydrogens is 538 g/mol. The number of hydrogen-bond donors (Lipinski definition) is 2. The molecule has 2 N–H and O–H groups in total. The Hall–Kier alpha value is -3.91. The third-order valence-corrected chi connectivity index (χ3v) is 5.13. The molecule has 0 aliphatic rings. The first-order valence-electron chi connectivity index (χ1n) is 10.5. The van der Waals surface area contributed by atoms with Gasteiger partial charge in [0, 0.05) is 12.6 Å². The third-order valence-electron chi connectivity index (χ3n) is 5.13. The molecule has 0 saturated carbocycles. The number of carbonyl (C=O) groups excluding carboxylic acids is 1. The van der Waals surface area contributed by atoms with Crippen LogP contribution in [0.1, 0.15) is 28.2 Å². The Bertz CT molecular complexity index is 1280. The van der Waals surface area contributed by atoms with Crippen LogP contribution in [0.15, 0.2) is 60.8 Å². The highest BCUT2D eigenvalue weighted by molar-refractivity contribution is 5.76. The van der Waals surface area contributed by atoms with Crippen LogP contribution in [0.25, 0.3) is 0 Å². The molecule has 0 radical (unpaired) electrons. The van der Waals surface area contributed by atoms with Gasteiger partial charge in [0.2, 0.25) is 0 Å². The lowest BCUT2D eigenvalue weighted by molar-refractivity contribution is -0.141. The molecule has 0 aliphatic heterocycles. The normalized spacial score (nSPS) is 14.1. The molecule has 15 heteroatoms. The maximum absolute atomic E-state index is 14.5. The van der Waals surface area contributed by atoms with Crippen molar-refractivity contribution in [3.05, 3.63) is 94.8 Å². The van der Waals surface area contributed by atoms with Crippen LogP contribution in [0.3, 0.4) is 0 Å². The van der Waals surface area contributed by atoms with E-state index in [4.69, 9.17) is 0 Å². The summed E-state index contributed by atoms with van der Waals surface area (Å²) in [5.41, 5.74) is -6.32. The zero-order valence-corrected chi connectivity index (χ0v) is 18.8. The molecule has 3 aromatic rings. The summed E-state index contributed by atoms with van der Waals surface area (Å²) < 4.78 is 134. The largest absolute Gasteiger partial charge is 0.433 e. The summed E-state index contributed by atoms with van der Waals surface area (Å²) in [6.07, 6.45) is -15.2. The first-order chi connectivity index (χ1) is 17.5. The van der Waals surface area contributed by atoms with Crippen molar-refractivity contribution in [1.29, 1.82) is 0 Å². The van der Waals surface area contributed by atoms with E-state index in [1.54, 1.807) is 0 Å². The molecule has 0 spiro atoms. The number of alkyl halides is 9. The van der Waals surface area contributed by atoms with E-state index in [2.05, 4.69) is 9.97 Å². The van der Waals surface area contributed by atoms with Crippen molar-refractivity contribution in [2.24, 2.45) is 0 Å². The molecule has 0 aliphatic carbocycles. The molecule has 38 heavy (non-hydrogen) atoms. The highest BCUT2D eigenvalue weighted by Gasteiger charge is 2.44. The number of benzene rings is 2. The first-order valence-corrected chi connectivity index (χ1v) is 10.5. The molecule has 0 bridgehead atoms. The fourth-order valence-electron chi connectivity index (χ4n) is 3.52. The molecule has 1 atom stereocenters. The van der Waals surface area contributed by atoms with Gasteiger partial charge in [-0.1, -0.05) is 30.3 Å². The fraction of sp³-hybridized carbons (Fsp3) is 0.261. The van der Waals surface area contributed by atoms with E-state index in [-0.39, 0.29) is 11.6 Å². The van der Waals surface area contributed by atoms with E-state index in [0.29, 0.717) is 24.4 Å². The lowest BCUT2D eigenvalue weighted by Crippen LogP contribution is -2.54. The zero-order valence-electron chi connectivity index (χ0n) is 18.8. The number of nitrogens with one attached hydrogen (secondary N) is 2. The van der Waals surface area contributed by atoms with Gasteiger partial charge in [-0.25, -0.2) is 19.2 Å². The van der Waals surface area contributed by atoms with Crippen LogP contribution < -0.4 is 10.6 Å². The summed E-state index contributed by atoms with van der Waals surface area (Å²) in [7, 11) is 0. The van der Waals surface area contributed by atoms with Crippen molar-refractivity contribution in [3.63, 3.8) is 0 Å². The predicted molar refractivity (Wildman–Crippen MR) is 112 cm³/mol. The quantitative estimate of drug-likeness (QED) is 0.368. The summed E-state index contributed by atoms with van der Waals surface area (Å²) in [6.45, 7) is -1.89. The number of nitrogens with zero attached hydrogens (tertiary/aromatic N) is 2. The number of hydrogen-bond acceptors (Lipinski definition) is 3. The van der Waals surface area contributed by atoms with Crippen molar-refractivity contribution in [3.8, 4) is 0 Å². The lowest BCUT2D eigenvalue weighted by Gasteiger charge is -2.35. The van der Waals surface area contributed by atoms with Crippen molar-refractivity contribution in [1.82, 2.24) is 20.6 Å². The Balaban J connectivity index is 2.32. The molecule has 0 fully saturated rings. The summed E-state index contributed by atoms with van der Waals surface area (Å²) >= 11 is 0. The summed E-state index contributed by atoms with van der Waals surface area (Å²) in [6, 6.07) is 6.92. The van der Waals surface area contributed by atoms with Crippen LogP contribution in [-0.2, 0) is 24.3 Å². The average molecular weight is 554 g/mol. The molecule has 1 unspecified atom stereocenters. The topological polar surface area (TPSA) is 66.9 Å². The summed E-state index contributed by atoms with van der Waals surface area (Å²) in [5.74, 6) is -2.44. The van der Waals surface area contributed by atoms with Gasteiger partial charge in [-0.3, -0.25) is 0 Å². The molecule has 2 amide bonds. The van der Waals surface area contributed by atoms with Crippen LogP contribution in [0.4, 0.5) is 48.7 Å². The summed E-state index contributed by atoms with van der Waals surface area (Å²) in [4.78, 5) is 19.6. The van der Waals surface area contributed by atoms with Gasteiger partial charge in [0.25, 0.3) is 0 Å². The number of carbonyl (C=O) groups is 1. The minimum Gasteiger partial charge on any atom is -0.329 e. The molecular formula is C23H16F10N4O. The van der Waals surface area contributed by atoms with Crippen LogP contribution in [0.5, 0.6) is 0 Å². The van der Waals surface area contributed by atoms with E-state index in [1.807, 2.05) is 5.32 Å². The van der Waals surface area contributed by atoms with Crippen LogP contribution >= 0.6 is 0 Å². The number of rotatable bonds is 6. The van der Waals surface area contributed by atoms with Crippen molar-refractivity contribution in [2.45, 2.75) is 30.5 Å². The van der Waals surface area contributed by atoms with Gasteiger partial charge < -0.3 is 10.6 Å². The number of aromatic nitrogens is 2. The van der Waals surface area contributed by atoms with Gasteiger partial charge >= 0.3 is 24.6 Å². The van der Waals surface area contributed by atoms with Crippen LogP contribution in [0.2, 0.25) is 0 Å². The second-order valence-electron chi connectivity index (χ2n) is 7.98. The number of amides is 2. The Kier molecular flexibility index (Phi) is 7.88. The molecule has 3 rings (SSSR count). The molecule has 5 nitrogen and oxygen atoms in total. The van der Waals surface area contributed by atoms with Gasteiger partial charge in [-0.2, -0.15) is 39.5 Å². The van der Waals surface area contributed by atoms with E-state index >= 15 is 0 Å². The smallest absolute Gasteiger partial charge is 0.329 e. The SMILES string of the molecule is O=C(NCC(F)(F)F)NC(Cc1ccccc1)(c1cc(F)cc(C(F)(F)F)c1)c1nccc(C(F)(F)F)n1. The zero-order chi connectivity index (χ0) is 28.4. The van der Waals surface area contributed by atoms with Crippen LogP contribution in [0, 0.1) is 5.82 Å². The lowest BCUT2D eigenvalue weighted by atomic mass is 9.81. The van der Waals surface area contributed by atoms with Crippen molar-refractivity contribution >= 4 is 6.03 Å². The van der Waals surface area contributed by atoms with Gasteiger partial charge in [0.15, 0.2) is 5.82 Å². The van der Waals surface area contributed by atoms with Gasteiger partial charge in [0.05, 0.1) is 5.56 Å². The van der Waals surface area contributed by atoms with Crippen molar-refractivity contribution < 1.29 is 48.7 Å². The average Bonchev–Trinajstić information content (AvgIpc) is 2.81. The highest BCUT2D eigenvalue weighted by atomic mass is 19.4. The van der Waals surface area contributed by atoms with E-state index < -0.39 is 71.5 Å². The standard InChI is InChI=1S/C23H16F10N4O/c24-16-9-14(8-15(10-16)22(28,29)30)20(11-13-4-2-1-3-5-13,37-19(38)35-12-21(25,26)27)18-34-7-6-17(36-18)23(31,32)33/h1-10H,11-12H2,(H2,35,37,38). The molecule has 1 heterocycles. The third kappa shape index (κ3) is 7.10. The second-order valence-corrected chi connectivity index (χ2v) is 7.98. The fourth-order valence-corrected chi connectivity index (χ4v) is 3.52. The molecule has 0 saturated heterocycles. The Morgan fingerprint density at radius 2 is 1.45 bits per heavy atom. The monoisotopic (exact) mass is 554 g/mol. The van der Waals surface area contributed by atoms with Gasteiger partial charge in [-0.15, -0.1) is 0 Å². The Morgan fingerprint density at radius 3 is 2.03 bits per heavy atom. The Morgan fingerprint density at radius 1 is 0.816 bits per heavy atom. The molecule has 204 valence electrons. The highest BCUT2D eigenvalue weighted by Crippen LogP contribution is 2.38. The van der Waals surface area contributed by atoms with Crippen molar-refractivity contribution in [2.75, 3.05) is 6.54 Å².